The van der Waals surface area contributed by atoms with Crippen LogP contribution in [0.3, 0.4) is 0 Å². The van der Waals surface area contributed by atoms with Gasteiger partial charge in [0, 0.05) is 32.1 Å². The molecular weight excluding hydrogens is 408 g/mol. The average molecular weight is 445 g/mol. The minimum Gasteiger partial charge on any atom is -0.342 e. The highest BCUT2D eigenvalue weighted by Gasteiger charge is 2.46. The van der Waals surface area contributed by atoms with Gasteiger partial charge in [0.2, 0.25) is 11.8 Å². The fourth-order valence-electron chi connectivity index (χ4n) is 6.13. The molecule has 2 amide bonds. The van der Waals surface area contributed by atoms with Crippen molar-refractivity contribution in [1.82, 2.24) is 9.80 Å². The molecule has 0 aromatic heterocycles. The third-order valence-electron chi connectivity index (χ3n) is 8.23. The number of hydrogen-bond donors (Lipinski definition) is 0. The molecule has 1 saturated carbocycles. The summed E-state index contributed by atoms with van der Waals surface area (Å²) in [5.74, 6) is 0.808. The van der Waals surface area contributed by atoms with E-state index in [1.165, 1.54) is 41.5 Å². The number of nitrogens with zero attached hydrogens (tertiary/aromatic N) is 2. The largest absolute Gasteiger partial charge is 0.342 e. The Bertz CT molecular complexity index is 999. The fourth-order valence-corrected chi connectivity index (χ4v) is 6.13. The molecule has 33 heavy (non-hydrogen) atoms. The van der Waals surface area contributed by atoms with Crippen LogP contribution in [0.5, 0.6) is 0 Å². The summed E-state index contributed by atoms with van der Waals surface area (Å²) in [6, 6.07) is 17.1. The Morgan fingerprint density at radius 2 is 1.61 bits per heavy atom. The van der Waals surface area contributed by atoms with E-state index < -0.39 is 5.41 Å². The van der Waals surface area contributed by atoms with Crippen LogP contribution in [0, 0.1) is 18.3 Å². The van der Waals surface area contributed by atoms with Crippen LogP contribution in [0.2, 0.25) is 0 Å². The third-order valence-corrected chi connectivity index (χ3v) is 8.23. The Hall–Kier alpha value is -2.62. The van der Waals surface area contributed by atoms with Gasteiger partial charge in [-0.1, -0.05) is 73.4 Å². The Morgan fingerprint density at radius 3 is 2.30 bits per heavy atom. The molecule has 3 aliphatic rings. The zero-order chi connectivity index (χ0) is 22.8. The second-order valence-corrected chi connectivity index (χ2v) is 10.5. The molecular formula is C29H36N2O2. The summed E-state index contributed by atoms with van der Waals surface area (Å²) < 4.78 is 0. The molecule has 0 radical (unpaired) electrons. The number of rotatable bonds is 3. The van der Waals surface area contributed by atoms with Crippen molar-refractivity contribution in [3.05, 3.63) is 70.8 Å². The molecule has 2 heterocycles. The van der Waals surface area contributed by atoms with Crippen molar-refractivity contribution in [2.45, 2.75) is 71.4 Å². The van der Waals surface area contributed by atoms with Crippen molar-refractivity contribution in [1.29, 1.82) is 0 Å². The van der Waals surface area contributed by atoms with Gasteiger partial charge in [-0.05, 0) is 55.7 Å². The molecule has 1 saturated heterocycles. The van der Waals surface area contributed by atoms with Crippen LogP contribution in [0.25, 0.3) is 0 Å². The summed E-state index contributed by atoms with van der Waals surface area (Å²) in [4.78, 5) is 31.3. The Balaban J connectivity index is 1.37. The number of piperidine rings is 1. The first kappa shape index (κ1) is 22.2. The van der Waals surface area contributed by atoms with Crippen molar-refractivity contribution in [2.75, 3.05) is 13.1 Å². The molecule has 1 aliphatic carbocycles. The summed E-state index contributed by atoms with van der Waals surface area (Å²) in [6.07, 6.45) is 8.02. The van der Waals surface area contributed by atoms with E-state index in [1.54, 1.807) is 0 Å². The van der Waals surface area contributed by atoms with Crippen LogP contribution in [0.1, 0.15) is 67.2 Å². The lowest BCUT2D eigenvalue weighted by atomic mass is 9.72. The van der Waals surface area contributed by atoms with Gasteiger partial charge in [-0.2, -0.15) is 0 Å². The molecule has 2 aromatic rings. The third kappa shape index (κ3) is 4.58. The molecule has 4 heteroatoms. The Labute approximate surface area is 198 Å². The summed E-state index contributed by atoms with van der Waals surface area (Å²) in [5.41, 5.74) is 4.56. The molecule has 2 fully saturated rings. The van der Waals surface area contributed by atoms with Gasteiger partial charge >= 0.3 is 0 Å². The van der Waals surface area contributed by atoms with Gasteiger partial charge in [0.15, 0.2) is 0 Å². The number of carbonyl (C=O) groups excluding carboxylic acids is 2. The second kappa shape index (κ2) is 9.32. The highest BCUT2D eigenvalue weighted by molar-refractivity contribution is 5.85. The maximum atomic E-state index is 14.1. The zero-order valence-corrected chi connectivity index (χ0v) is 19.9. The number of carbonyl (C=O) groups is 2. The quantitative estimate of drug-likeness (QED) is 0.647. The summed E-state index contributed by atoms with van der Waals surface area (Å²) in [7, 11) is 0. The van der Waals surface area contributed by atoms with E-state index in [-0.39, 0.29) is 11.8 Å². The molecule has 4 nitrogen and oxygen atoms in total. The average Bonchev–Trinajstić information content (AvgIpc) is 2.96. The zero-order valence-electron chi connectivity index (χ0n) is 19.9. The van der Waals surface area contributed by atoms with E-state index in [0.717, 1.165) is 32.1 Å². The number of amides is 2. The monoisotopic (exact) mass is 444 g/mol. The van der Waals surface area contributed by atoms with E-state index in [0.29, 0.717) is 32.1 Å². The lowest BCUT2D eigenvalue weighted by Crippen LogP contribution is -2.52. The van der Waals surface area contributed by atoms with Gasteiger partial charge < -0.3 is 9.80 Å². The highest BCUT2D eigenvalue weighted by atomic mass is 16.2. The van der Waals surface area contributed by atoms with Crippen molar-refractivity contribution in [2.24, 2.45) is 11.3 Å². The van der Waals surface area contributed by atoms with Gasteiger partial charge in [0.25, 0.3) is 0 Å². The van der Waals surface area contributed by atoms with Crippen molar-refractivity contribution in [3.63, 3.8) is 0 Å². The molecule has 5 rings (SSSR count). The minimum atomic E-state index is -0.402. The normalized spacial score (nSPS) is 21.1. The lowest BCUT2D eigenvalue weighted by molar-refractivity contribution is -0.150. The van der Waals surface area contributed by atoms with Gasteiger partial charge in [0.1, 0.15) is 0 Å². The van der Waals surface area contributed by atoms with Crippen LogP contribution in [-0.2, 0) is 29.1 Å². The topological polar surface area (TPSA) is 40.6 Å². The van der Waals surface area contributed by atoms with Gasteiger partial charge in [0.05, 0.1) is 5.41 Å². The van der Waals surface area contributed by atoms with Crippen LogP contribution in [-0.4, -0.2) is 34.7 Å². The maximum Gasteiger partial charge on any atom is 0.229 e. The standard InChI is InChI=1S/C29H36N2O2/c1-22-11-13-23(14-12-22)20-31-21-26-10-6-5-9-25(26)19-29(28(31)33)15-17-30(18-16-29)27(32)24-7-3-2-4-8-24/h5-6,9-14,24H,2-4,7-8,15-21H2,1H3. The molecule has 0 bridgehead atoms. The van der Waals surface area contributed by atoms with Crippen molar-refractivity contribution in [3.8, 4) is 0 Å². The van der Waals surface area contributed by atoms with Crippen molar-refractivity contribution < 1.29 is 9.59 Å². The summed E-state index contributed by atoms with van der Waals surface area (Å²) in [6.45, 7) is 4.81. The predicted octanol–water partition coefficient (Wildman–Crippen LogP) is 5.27. The predicted molar refractivity (Wildman–Crippen MR) is 130 cm³/mol. The van der Waals surface area contributed by atoms with Crippen molar-refractivity contribution >= 4 is 11.8 Å². The first-order chi connectivity index (χ1) is 16.0. The molecule has 2 aromatic carbocycles. The van der Waals surface area contributed by atoms with Gasteiger partial charge in [-0.15, -0.1) is 0 Å². The number of likely N-dealkylation sites (tertiary alicyclic amines) is 1. The molecule has 1 spiro atoms. The highest BCUT2D eigenvalue weighted by Crippen LogP contribution is 2.41. The van der Waals surface area contributed by atoms with E-state index in [9.17, 15) is 9.59 Å². The molecule has 0 atom stereocenters. The first-order valence-corrected chi connectivity index (χ1v) is 12.7. The fraction of sp³-hybridized carbons (Fsp3) is 0.517. The molecule has 0 unspecified atom stereocenters. The summed E-state index contributed by atoms with van der Waals surface area (Å²) in [5, 5.41) is 0. The minimum absolute atomic E-state index is 0.205. The Morgan fingerprint density at radius 1 is 0.939 bits per heavy atom. The molecule has 2 aliphatic heterocycles. The number of aryl methyl sites for hydroxylation is 1. The smallest absolute Gasteiger partial charge is 0.229 e. The van der Waals surface area contributed by atoms with Crippen LogP contribution >= 0.6 is 0 Å². The van der Waals surface area contributed by atoms with Crippen LogP contribution < -0.4 is 0 Å². The van der Waals surface area contributed by atoms with Crippen LogP contribution in [0.15, 0.2) is 48.5 Å². The molecule has 0 N–H and O–H groups in total. The number of fused-ring (bicyclic) bond motifs is 1. The second-order valence-electron chi connectivity index (χ2n) is 10.5. The van der Waals surface area contributed by atoms with Gasteiger partial charge in [-0.25, -0.2) is 0 Å². The van der Waals surface area contributed by atoms with Crippen LogP contribution in [0.4, 0.5) is 0 Å². The van der Waals surface area contributed by atoms with E-state index >= 15 is 0 Å². The van der Waals surface area contributed by atoms with E-state index in [1.807, 2.05) is 0 Å². The van der Waals surface area contributed by atoms with E-state index in [4.69, 9.17) is 0 Å². The number of hydrogen-bond acceptors (Lipinski definition) is 2. The Kier molecular flexibility index (Phi) is 6.27. The first-order valence-electron chi connectivity index (χ1n) is 12.7. The lowest BCUT2D eigenvalue weighted by Gasteiger charge is -2.43. The van der Waals surface area contributed by atoms with E-state index in [2.05, 4.69) is 65.3 Å². The molecule has 174 valence electrons. The van der Waals surface area contributed by atoms with Gasteiger partial charge in [-0.3, -0.25) is 9.59 Å². The SMILES string of the molecule is Cc1ccc(CN2Cc3ccccc3CC3(CCN(C(=O)C4CCCCC4)CC3)C2=O)cc1. The summed E-state index contributed by atoms with van der Waals surface area (Å²) >= 11 is 0. The maximum absolute atomic E-state index is 14.1. The number of benzene rings is 2.